The Balaban J connectivity index is 1.78. The van der Waals surface area contributed by atoms with E-state index in [1.54, 1.807) is 0 Å². The number of nitrogens with zero attached hydrogens (tertiary/aromatic N) is 3. The van der Waals surface area contributed by atoms with E-state index in [1.807, 2.05) is 12.3 Å². The fraction of sp³-hybridized carbons (Fsp3) is 0.421. The molecule has 1 aromatic carbocycles. The quantitative estimate of drug-likeness (QED) is 0.798. The lowest BCUT2D eigenvalue weighted by atomic mass is 9.83. The minimum Gasteiger partial charge on any atom is -0.454 e. The molecule has 5 rings (SSSR count). The molecule has 5 heteroatoms. The molecule has 0 spiro atoms. The number of hydrogen-bond acceptors (Lipinski definition) is 5. The topological polar surface area (TPSA) is 37.8 Å². The van der Waals surface area contributed by atoms with Crippen molar-refractivity contribution in [2.45, 2.75) is 45.3 Å². The van der Waals surface area contributed by atoms with E-state index >= 15 is 0 Å². The molecule has 0 saturated carbocycles. The van der Waals surface area contributed by atoms with Crippen LogP contribution in [0.5, 0.6) is 11.5 Å². The minimum absolute atomic E-state index is 0.0543. The highest BCUT2D eigenvalue weighted by Crippen LogP contribution is 2.58. The van der Waals surface area contributed by atoms with Crippen LogP contribution in [0.3, 0.4) is 0 Å². The first-order chi connectivity index (χ1) is 11.5. The fourth-order valence-electron chi connectivity index (χ4n) is 4.41. The number of ether oxygens (including phenoxy) is 2. The number of hydrogen-bond donors (Lipinski definition) is 0. The van der Waals surface area contributed by atoms with Gasteiger partial charge in [0.1, 0.15) is 6.17 Å². The van der Waals surface area contributed by atoms with Gasteiger partial charge in [0, 0.05) is 23.7 Å². The van der Waals surface area contributed by atoms with Crippen LogP contribution in [0, 0.1) is 0 Å². The highest BCUT2D eigenvalue weighted by molar-refractivity contribution is 5.87. The Morgan fingerprint density at radius 3 is 2.67 bits per heavy atom. The Bertz CT molecular complexity index is 847. The van der Waals surface area contributed by atoms with E-state index in [0.29, 0.717) is 12.8 Å². The molecule has 3 aliphatic heterocycles. The summed E-state index contributed by atoms with van der Waals surface area (Å²) in [6.07, 6.45) is 2.08. The number of aromatic nitrogens is 1. The lowest BCUT2D eigenvalue weighted by molar-refractivity contribution is 0.174. The van der Waals surface area contributed by atoms with Crippen LogP contribution in [0.2, 0.25) is 0 Å². The predicted molar refractivity (Wildman–Crippen MR) is 93.4 cm³/mol. The minimum atomic E-state index is -0.0543. The second-order valence-corrected chi connectivity index (χ2v) is 7.54. The molecule has 4 heterocycles. The van der Waals surface area contributed by atoms with E-state index in [4.69, 9.17) is 14.5 Å². The Morgan fingerprint density at radius 2 is 1.92 bits per heavy atom. The summed E-state index contributed by atoms with van der Waals surface area (Å²) in [6, 6.07) is 8.84. The van der Waals surface area contributed by atoms with Crippen molar-refractivity contribution in [3.63, 3.8) is 0 Å². The SMILES string of the molecule is CC(C)N1c2cccnc2N2c3cc4c(cc3C(C)(C)C21)OCO4. The van der Waals surface area contributed by atoms with Gasteiger partial charge in [-0.25, -0.2) is 4.98 Å². The summed E-state index contributed by atoms with van der Waals surface area (Å²) in [5.41, 5.74) is 3.62. The highest BCUT2D eigenvalue weighted by Gasteiger charge is 2.54. The third kappa shape index (κ3) is 1.52. The lowest BCUT2D eigenvalue weighted by Gasteiger charge is -2.39. The predicted octanol–water partition coefficient (Wildman–Crippen LogP) is 3.79. The van der Waals surface area contributed by atoms with Crippen molar-refractivity contribution in [1.29, 1.82) is 0 Å². The number of anilines is 3. The van der Waals surface area contributed by atoms with Gasteiger partial charge in [-0.2, -0.15) is 0 Å². The maximum absolute atomic E-state index is 5.62. The average Bonchev–Trinajstić information content (AvgIpc) is 3.19. The number of benzene rings is 1. The molecule has 0 fully saturated rings. The summed E-state index contributed by atoms with van der Waals surface area (Å²) >= 11 is 0. The van der Waals surface area contributed by atoms with Gasteiger partial charge < -0.3 is 19.3 Å². The van der Waals surface area contributed by atoms with Crippen molar-refractivity contribution in [1.82, 2.24) is 4.98 Å². The fourth-order valence-corrected chi connectivity index (χ4v) is 4.41. The zero-order chi connectivity index (χ0) is 16.6. The number of pyridine rings is 1. The van der Waals surface area contributed by atoms with Crippen molar-refractivity contribution in [3.05, 3.63) is 36.0 Å². The van der Waals surface area contributed by atoms with E-state index in [1.165, 1.54) is 16.9 Å². The van der Waals surface area contributed by atoms with Crippen molar-refractivity contribution >= 4 is 17.2 Å². The zero-order valence-electron chi connectivity index (χ0n) is 14.4. The second kappa shape index (κ2) is 4.35. The van der Waals surface area contributed by atoms with Gasteiger partial charge in [0.25, 0.3) is 0 Å². The normalized spacial score (nSPS) is 22.0. The molecule has 0 bridgehead atoms. The van der Waals surface area contributed by atoms with Gasteiger partial charge in [-0.05, 0) is 37.6 Å². The van der Waals surface area contributed by atoms with Gasteiger partial charge in [0.15, 0.2) is 17.3 Å². The van der Waals surface area contributed by atoms with Crippen molar-refractivity contribution in [2.24, 2.45) is 0 Å². The molecule has 1 atom stereocenters. The second-order valence-electron chi connectivity index (χ2n) is 7.54. The summed E-state index contributed by atoms with van der Waals surface area (Å²) < 4.78 is 11.2. The van der Waals surface area contributed by atoms with Crippen molar-refractivity contribution in [3.8, 4) is 11.5 Å². The largest absolute Gasteiger partial charge is 0.454 e. The summed E-state index contributed by atoms with van der Waals surface area (Å²) in [5, 5.41) is 0. The first-order valence-corrected chi connectivity index (χ1v) is 8.47. The molecule has 5 nitrogen and oxygen atoms in total. The third-order valence-corrected chi connectivity index (χ3v) is 5.43. The Labute approximate surface area is 141 Å². The standard InChI is InChI=1S/C19H21N3O2/c1-11(2)21-13-6-5-7-20-17(13)22-14-9-16-15(23-10-24-16)8-12(14)19(3,4)18(21)22/h5-9,11,18H,10H2,1-4H3. The summed E-state index contributed by atoms with van der Waals surface area (Å²) in [5.74, 6) is 2.70. The summed E-state index contributed by atoms with van der Waals surface area (Å²) in [4.78, 5) is 9.55. The van der Waals surface area contributed by atoms with Gasteiger partial charge >= 0.3 is 0 Å². The number of rotatable bonds is 1. The molecule has 1 unspecified atom stereocenters. The Morgan fingerprint density at radius 1 is 1.17 bits per heavy atom. The van der Waals surface area contributed by atoms with E-state index < -0.39 is 0 Å². The van der Waals surface area contributed by atoms with Crippen LogP contribution in [-0.2, 0) is 5.41 Å². The summed E-state index contributed by atoms with van der Waals surface area (Å²) in [6.45, 7) is 9.39. The molecule has 0 radical (unpaired) electrons. The molecule has 0 saturated heterocycles. The van der Waals surface area contributed by atoms with Gasteiger partial charge in [-0.1, -0.05) is 13.8 Å². The van der Waals surface area contributed by atoms with Crippen LogP contribution in [0.25, 0.3) is 0 Å². The van der Waals surface area contributed by atoms with Gasteiger partial charge in [0.05, 0.1) is 11.4 Å². The maximum atomic E-state index is 5.62. The first-order valence-electron chi connectivity index (χ1n) is 8.47. The van der Waals surface area contributed by atoms with E-state index in [-0.39, 0.29) is 11.6 Å². The monoisotopic (exact) mass is 323 g/mol. The highest BCUT2D eigenvalue weighted by atomic mass is 16.7. The van der Waals surface area contributed by atoms with Crippen molar-refractivity contribution in [2.75, 3.05) is 16.6 Å². The van der Waals surface area contributed by atoms with Crippen LogP contribution < -0.4 is 19.3 Å². The molecule has 0 aliphatic carbocycles. The van der Waals surface area contributed by atoms with Crippen LogP contribution in [0.4, 0.5) is 17.2 Å². The van der Waals surface area contributed by atoms with Crippen LogP contribution in [-0.4, -0.2) is 24.0 Å². The lowest BCUT2D eigenvalue weighted by Crippen LogP contribution is -2.51. The zero-order valence-corrected chi connectivity index (χ0v) is 14.4. The third-order valence-electron chi connectivity index (χ3n) is 5.43. The molecular weight excluding hydrogens is 302 g/mol. The van der Waals surface area contributed by atoms with Gasteiger partial charge in [-0.3, -0.25) is 0 Å². The van der Waals surface area contributed by atoms with E-state index in [9.17, 15) is 0 Å². The van der Waals surface area contributed by atoms with Gasteiger partial charge in [0.2, 0.25) is 6.79 Å². The van der Waals surface area contributed by atoms with Crippen LogP contribution >= 0.6 is 0 Å². The molecule has 2 aromatic rings. The van der Waals surface area contributed by atoms with E-state index in [0.717, 1.165) is 17.3 Å². The first kappa shape index (κ1) is 14.0. The Hall–Kier alpha value is -2.43. The summed E-state index contributed by atoms with van der Waals surface area (Å²) in [7, 11) is 0. The van der Waals surface area contributed by atoms with Gasteiger partial charge in [-0.15, -0.1) is 0 Å². The molecule has 24 heavy (non-hydrogen) atoms. The molecular formula is C19H21N3O2. The molecule has 0 amide bonds. The van der Waals surface area contributed by atoms with Crippen LogP contribution in [0.1, 0.15) is 33.3 Å². The maximum Gasteiger partial charge on any atom is 0.231 e. The van der Waals surface area contributed by atoms with E-state index in [2.05, 4.69) is 55.7 Å². The molecule has 124 valence electrons. The molecule has 0 N–H and O–H groups in total. The van der Waals surface area contributed by atoms with Crippen LogP contribution in [0.15, 0.2) is 30.5 Å². The number of fused-ring (bicyclic) bond motifs is 6. The molecule has 1 aromatic heterocycles. The Kier molecular flexibility index (Phi) is 2.53. The van der Waals surface area contributed by atoms with Crippen molar-refractivity contribution < 1.29 is 9.47 Å². The molecule has 3 aliphatic rings. The average molecular weight is 323 g/mol. The smallest absolute Gasteiger partial charge is 0.231 e.